The Morgan fingerprint density at radius 3 is 2.44 bits per heavy atom. The summed E-state index contributed by atoms with van der Waals surface area (Å²) in [5.41, 5.74) is 3.43. The Morgan fingerprint density at radius 2 is 1.74 bits per heavy atom. The molecule has 34 heavy (non-hydrogen) atoms. The van der Waals surface area contributed by atoms with Crippen molar-refractivity contribution in [1.29, 1.82) is 0 Å². The summed E-state index contributed by atoms with van der Waals surface area (Å²) in [6, 6.07) is 17.4. The molecule has 1 atom stereocenters. The molecule has 2 aliphatic rings. The minimum absolute atomic E-state index is 0.205. The summed E-state index contributed by atoms with van der Waals surface area (Å²) in [6.45, 7) is 6.54. The Balaban J connectivity index is 1.65. The molecule has 3 aromatic carbocycles. The fourth-order valence-electron chi connectivity index (χ4n) is 4.82. The number of nitrogens with zero attached hydrogens (tertiary/aromatic N) is 2. The van der Waals surface area contributed by atoms with E-state index in [1.54, 1.807) is 28.0 Å². The van der Waals surface area contributed by atoms with Crippen molar-refractivity contribution in [1.82, 2.24) is 4.90 Å². The number of hydrogen-bond donors (Lipinski definition) is 0. The zero-order valence-corrected chi connectivity index (χ0v) is 20.0. The average molecular weight is 479 g/mol. The van der Waals surface area contributed by atoms with Crippen molar-refractivity contribution in [3.63, 3.8) is 0 Å². The van der Waals surface area contributed by atoms with E-state index in [9.17, 15) is 18.4 Å². The molecule has 2 heterocycles. The first-order valence-electron chi connectivity index (χ1n) is 11.1. The molecule has 1 spiro atoms. The number of hydrogen-bond acceptors (Lipinski definition) is 3. The van der Waals surface area contributed by atoms with Gasteiger partial charge in [0.1, 0.15) is 11.6 Å². The molecule has 0 bridgehead atoms. The molecular formula is C27H24F2N2O2S. The third kappa shape index (κ3) is 3.59. The number of thioether (sulfide) groups is 1. The minimum Gasteiger partial charge on any atom is -0.310 e. The predicted octanol–water partition coefficient (Wildman–Crippen LogP) is 5.64. The number of benzene rings is 3. The summed E-state index contributed by atoms with van der Waals surface area (Å²) in [5, 5.41) is 0. The molecule has 2 aliphatic heterocycles. The second-order valence-electron chi connectivity index (χ2n) is 9.45. The van der Waals surface area contributed by atoms with Gasteiger partial charge in [0.05, 0.1) is 12.2 Å². The van der Waals surface area contributed by atoms with Gasteiger partial charge in [0.15, 0.2) is 4.87 Å². The van der Waals surface area contributed by atoms with Gasteiger partial charge in [0.2, 0.25) is 0 Å². The number of carbonyl (C=O) groups excluding carboxylic acids is 2. The Hall–Kier alpha value is -3.19. The van der Waals surface area contributed by atoms with Crippen LogP contribution in [-0.4, -0.2) is 28.0 Å². The highest BCUT2D eigenvalue weighted by molar-refractivity contribution is 8.02. The number of fused-ring (bicyclic) bond motifs is 2. The molecular weight excluding hydrogens is 454 g/mol. The molecule has 2 amide bonds. The van der Waals surface area contributed by atoms with Crippen molar-refractivity contribution < 1.29 is 18.4 Å². The van der Waals surface area contributed by atoms with Crippen molar-refractivity contribution >= 4 is 29.3 Å². The van der Waals surface area contributed by atoms with Crippen LogP contribution in [0.3, 0.4) is 0 Å². The fraction of sp³-hybridized carbons (Fsp3) is 0.259. The van der Waals surface area contributed by atoms with Crippen LogP contribution in [0.5, 0.6) is 0 Å². The maximum absolute atomic E-state index is 14.2. The van der Waals surface area contributed by atoms with Gasteiger partial charge in [-0.25, -0.2) is 8.78 Å². The first-order valence-corrected chi connectivity index (χ1v) is 11.9. The molecule has 0 unspecified atom stereocenters. The van der Waals surface area contributed by atoms with Crippen molar-refractivity contribution in [2.45, 2.75) is 36.9 Å². The second kappa shape index (κ2) is 7.94. The second-order valence-corrected chi connectivity index (χ2v) is 11.3. The molecule has 174 valence electrons. The highest BCUT2D eigenvalue weighted by Gasteiger charge is 2.63. The fourth-order valence-corrected chi connectivity index (χ4v) is 6.55. The molecule has 3 aromatic rings. The van der Waals surface area contributed by atoms with E-state index in [0.29, 0.717) is 6.54 Å². The number of halogens is 2. The third-order valence-electron chi connectivity index (χ3n) is 6.26. The van der Waals surface area contributed by atoms with Crippen LogP contribution in [0.1, 0.15) is 40.9 Å². The number of aryl methyl sites for hydroxylation is 1. The van der Waals surface area contributed by atoms with Gasteiger partial charge < -0.3 is 9.80 Å². The van der Waals surface area contributed by atoms with Crippen molar-refractivity contribution in [3.05, 3.63) is 101 Å². The molecule has 4 nitrogen and oxygen atoms in total. The Bertz CT molecular complexity index is 1310. The highest BCUT2D eigenvalue weighted by Crippen LogP contribution is 2.60. The zero-order chi connectivity index (χ0) is 24.3. The predicted molar refractivity (Wildman–Crippen MR) is 130 cm³/mol. The number of amides is 2. The van der Waals surface area contributed by atoms with Gasteiger partial charge in [-0.15, -0.1) is 11.8 Å². The Labute approximate surface area is 201 Å². The van der Waals surface area contributed by atoms with E-state index in [4.69, 9.17) is 0 Å². The lowest BCUT2D eigenvalue weighted by molar-refractivity contribution is -0.123. The zero-order valence-electron chi connectivity index (χ0n) is 19.1. The number of anilines is 1. The highest BCUT2D eigenvalue weighted by atomic mass is 32.2. The van der Waals surface area contributed by atoms with E-state index >= 15 is 0 Å². The van der Waals surface area contributed by atoms with Crippen LogP contribution < -0.4 is 4.90 Å². The molecule has 0 aromatic heterocycles. The molecule has 0 radical (unpaired) electrons. The molecule has 5 rings (SSSR count). The number of rotatable bonds is 3. The average Bonchev–Trinajstić information content (AvgIpc) is 3.20. The standard InChI is InChI=1S/C27H24F2N2O2S/c1-17-7-12-23-22(13-17)27(25(33)30(23)15-18-8-10-20(28)11-9-18)31(16-26(2,3)34-27)24(32)19-5-4-6-21(29)14-19/h4-14H,15-16H2,1-3H3/t27-/m1/s1. The van der Waals surface area contributed by atoms with Gasteiger partial charge in [0.25, 0.3) is 11.8 Å². The van der Waals surface area contributed by atoms with E-state index in [2.05, 4.69) is 0 Å². The summed E-state index contributed by atoms with van der Waals surface area (Å²) < 4.78 is 27.0. The van der Waals surface area contributed by atoms with Crippen molar-refractivity contribution in [2.24, 2.45) is 0 Å². The van der Waals surface area contributed by atoms with Crippen LogP contribution in [0.15, 0.2) is 66.7 Å². The molecule has 1 saturated heterocycles. The van der Waals surface area contributed by atoms with E-state index in [-0.39, 0.29) is 29.7 Å². The molecule has 7 heteroatoms. The summed E-state index contributed by atoms with van der Waals surface area (Å²) in [7, 11) is 0. The first kappa shape index (κ1) is 22.6. The van der Waals surface area contributed by atoms with Gasteiger partial charge in [-0.3, -0.25) is 9.59 Å². The molecule has 0 saturated carbocycles. The maximum Gasteiger partial charge on any atom is 0.268 e. The van der Waals surface area contributed by atoms with E-state index in [1.807, 2.05) is 39.0 Å². The van der Waals surface area contributed by atoms with Crippen molar-refractivity contribution in [2.75, 3.05) is 11.4 Å². The van der Waals surface area contributed by atoms with Crippen LogP contribution >= 0.6 is 11.8 Å². The van der Waals surface area contributed by atoms with E-state index in [0.717, 1.165) is 22.4 Å². The lowest BCUT2D eigenvalue weighted by Crippen LogP contribution is -2.50. The summed E-state index contributed by atoms with van der Waals surface area (Å²) >= 11 is 1.45. The van der Waals surface area contributed by atoms with Crippen LogP contribution in [0.25, 0.3) is 0 Å². The third-order valence-corrected chi connectivity index (χ3v) is 7.85. The van der Waals surface area contributed by atoms with Crippen molar-refractivity contribution in [3.8, 4) is 0 Å². The quantitative estimate of drug-likeness (QED) is 0.489. The smallest absolute Gasteiger partial charge is 0.268 e. The van der Waals surface area contributed by atoms with Gasteiger partial charge in [-0.1, -0.05) is 35.9 Å². The Morgan fingerprint density at radius 1 is 1.00 bits per heavy atom. The topological polar surface area (TPSA) is 40.6 Å². The van der Waals surface area contributed by atoms with Crippen LogP contribution in [0.2, 0.25) is 0 Å². The monoisotopic (exact) mass is 478 g/mol. The Kier molecular flexibility index (Phi) is 5.28. The van der Waals surface area contributed by atoms with E-state index in [1.165, 1.54) is 42.1 Å². The summed E-state index contributed by atoms with van der Waals surface area (Å²) in [4.78, 5) is 30.0. The maximum atomic E-state index is 14.2. The molecule has 1 fully saturated rings. The largest absolute Gasteiger partial charge is 0.310 e. The molecule has 0 N–H and O–H groups in total. The van der Waals surface area contributed by atoms with E-state index < -0.39 is 15.4 Å². The summed E-state index contributed by atoms with van der Waals surface area (Å²) in [6.07, 6.45) is 0. The van der Waals surface area contributed by atoms with Crippen LogP contribution in [0.4, 0.5) is 14.5 Å². The molecule has 0 aliphatic carbocycles. The number of carbonyl (C=O) groups is 2. The summed E-state index contributed by atoms with van der Waals surface area (Å²) in [5.74, 6) is -1.46. The van der Waals surface area contributed by atoms with Crippen LogP contribution in [-0.2, 0) is 16.2 Å². The minimum atomic E-state index is -1.27. The van der Waals surface area contributed by atoms with Crippen LogP contribution in [0, 0.1) is 18.6 Å². The lowest BCUT2D eigenvalue weighted by atomic mass is 10.0. The SMILES string of the molecule is Cc1ccc2c(c1)[C@@]1(SC(C)(C)CN1C(=O)c1cccc(F)c1)C(=O)N2Cc1ccc(F)cc1. The normalized spacial score (nSPS) is 20.8. The van der Waals surface area contributed by atoms with Gasteiger partial charge in [-0.05, 0) is 62.7 Å². The van der Waals surface area contributed by atoms with Gasteiger partial charge >= 0.3 is 0 Å². The first-order chi connectivity index (χ1) is 16.1. The lowest BCUT2D eigenvalue weighted by Gasteiger charge is -2.33. The van der Waals surface area contributed by atoms with Gasteiger partial charge in [-0.2, -0.15) is 0 Å². The van der Waals surface area contributed by atoms with Gasteiger partial charge in [0, 0.05) is 22.4 Å².